The minimum atomic E-state index is 0.272. The number of hydrogen-bond donors (Lipinski definition) is 1. The fraction of sp³-hybridized carbons (Fsp3) is 0.133. The van der Waals surface area contributed by atoms with E-state index in [2.05, 4.69) is 4.98 Å². The van der Waals surface area contributed by atoms with Gasteiger partial charge in [-0.1, -0.05) is 0 Å². The van der Waals surface area contributed by atoms with E-state index in [1.807, 2.05) is 30.5 Å². The number of aryl methyl sites for hydroxylation is 1. The predicted molar refractivity (Wildman–Crippen MR) is 78.0 cm³/mol. The van der Waals surface area contributed by atoms with Crippen molar-refractivity contribution in [3.8, 4) is 22.1 Å². The maximum Gasteiger partial charge on any atom is 0.124 e. The molecule has 0 aliphatic rings. The van der Waals surface area contributed by atoms with Gasteiger partial charge in [0.15, 0.2) is 0 Å². The van der Waals surface area contributed by atoms with Gasteiger partial charge in [-0.3, -0.25) is 0 Å². The van der Waals surface area contributed by atoms with Crippen molar-refractivity contribution in [2.75, 3.05) is 7.11 Å². The molecule has 0 saturated heterocycles. The normalized spacial score (nSPS) is 10.8. The molecule has 0 aliphatic carbocycles. The number of phenolic OH excluding ortho intramolecular Hbond substituents is 1. The van der Waals surface area contributed by atoms with E-state index >= 15 is 0 Å². The van der Waals surface area contributed by atoms with Crippen molar-refractivity contribution in [2.24, 2.45) is 0 Å². The first kappa shape index (κ1) is 12.0. The van der Waals surface area contributed by atoms with Gasteiger partial charge in [-0.2, -0.15) is 0 Å². The molecular formula is C15H13NO2S. The van der Waals surface area contributed by atoms with Crippen LogP contribution >= 0.6 is 11.3 Å². The second kappa shape index (κ2) is 4.55. The summed E-state index contributed by atoms with van der Waals surface area (Å²) in [6.45, 7) is 1.99. The number of benzene rings is 2. The molecule has 3 aromatic rings. The van der Waals surface area contributed by atoms with E-state index in [9.17, 15) is 5.11 Å². The Balaban J connectivity index is 2.32. The number of hydrogen-bond acceptors (Lipinski definition) is 4. The summed E-state index contributed by atoms with van der Waals surface area (Å²) in [6, 6.07) is 7.56. The molecule has 0 amide bonds. The predicted octanol–water partition coefficient (Wildman–Crippen LogP) is 3.99. The molecule has 96 valence electrons. The molecule has 3 rings (SSSR count). The number of nitrogens with zero attached hydrogens (tertiary/aromatic N) is 1. The molecule has 4 heteroatoms. The third kappa shape index (κ3) is 1.94. The number of rotatable bonds is 2. The van der Waals surface area contributed by atoms with Crippen molar-refractivity contribution >= 4 is 22.1 Å². The summed E-state index contributed by atoms with van der Waals surface area (Å²) in [4.78, 5) is 4.28. The molecule has 0 unspecified atom stereocenters. The van der Waals surface area contributed by atoms with Gasteiger partial charge in [0.1, 0.15) is 16.5 Å². The maximum atomic E-state index is 10.2. The zero-order valence-corrected chi connectivity index (χ0v) is 11.5. The van der Waals surface area contributed by atoms with Gasteiger partial charge >= 0.3 is 0 Å². The third-order valence-electron chi connectivity index (χ3n) is 3.23. The van der Waals surface area contributed by atoms with Crippen molar-refractivity contribution in [1.29, 1.82) is 0 Å². The van der Waals surface area contributed by atoms with Crippen LogP contribution < -0.4 is 4.74 Å². The molecule has 0 aliphatic heterocycles. The van der Waals surface area contributed by atoms with Gasteiger partial charge in [-0.05, 0) is 42.1 Å². The summed E-state index contributed by atoms with van der Waals surface area (Å²) in [5, 5.41) is 14.8. The average molecular weight is 271 g/mol. The monoisotopic (exact) mass is 271 g/mol. The molecule has 19 heavy (non-hydrogen) atoms. The molecule has 0 radical (unpaired) electrons. The van der Waals surface area contributed by atoms with E-state index in [1.54, 1.807) is 30.7 Å². The molecular weight excluding hydrogens is 258 g/mol. The lowest BCUT2D eigenvalue weighted by Crippen LogP contribution is -1.89. The largest absolute Gasteiger partial charge is 0.507 e. The van der Waals surface area contributed by atoms with Gasteiger partial charge < -0.3 is 9.84 Å². The second-order valence-corrected chi connectivity index (χ2v) is 5.22. The summed E-state index contributed by atoms with van der Waals surface area (Å²) in [5.41, 5.74) is 1.95. The molecule has 1 heterocycles. The number of aromatic nitrogens is 1. The quantitative estimate of drug-likeness (QED) is 0.766. The van der Waals surface area contributed by atoms with E-state index in [0.717, 1.165) is 32.7 Å². The highest BCUT2D eigenvalue weighted by Gasteiger charge is 2.11. The van der Waals surface area contributed by atoms with Gasteiger partial charge in [-0.15, -0.1) is 11.3 Å². The fourth-order valence-electron chi connectivity index (χ4n) is 2.25. The molecule has 0 fully saturated rings. The molecule has 0 atom stereocenters. The van der Waals surface area contributed by atoms with Crippen molar-refractivity contribution in [1.82, 2.24) is 4.98 Å². The van der Waals surface area contributed by atoms with Gasteiger partial charge in [-0.25, -0.2) is 4.98 Å². The average Bonchev–Trinajstić information content (AvgIpc) is 2.94. The molecule has 3 nitrogen and oxygen atoms in total. The van der Waals surface area contributed by atoms with E-state index in [-0.39, 0.29) is 5.75 Å². The minimum absolute atomic E-state index is 0.272. The van der Waals surface area contributed by atoms with Crippen LogP contribution in [0, 0.1) is 6.92 Å². The van der Waals surface area contributed by atoms with Crippen molar-refractivity contribution in [3.05, 3.63) is 41.4 Å². The Labute approximate surface area is 115 Å². The van der Waals surface area contributed by atoms with Crippen LogP contribution in [0.3, 0.4) is 0 Å². The van der Waals surface area contributed by atoms with Crippen molar-refractivity contribution < 1.29 is 9.84 Å². The highest BCUT2D eigenvalue weighted by Crippen LogP contribution is 2.36. The van der Waals surface area contributed by atoms with E-state index < -0.39 is 0 Å². The summed E-state index contributed by atoms with van der Waals surface area (Å²) in [7, 11) is 1.65. The summed E-state index contributed by atoms with van der Waals surface area (Å²) < 4.78 is 5.33. The minimum Gasteiger partial charge on any atom is -0.507 e. The highest BCUT2D eigenvalue weighted by atomic mass is 32.1. The Morgan fingerprint density at radius 3 is 2.74 bits per heavy atom. The standard InChI is InChI=1S/C15H13NO2S/c1-9-12-7-10(15-16-5-6-19-15)8-13(17)11(12)3-4-14(9)18-2/h3-8,17H,1-2H3. The Bertz CT molecular complexity index is 735. The molecule has 1 N–H and O–H groups in total. The number of phenols is 1. The van der Waals surface area contributed by atoms with E-state index in [0.29, 0.717) is 0 Å². The number of thiazole rings is 1. The maximum absolute atomic E-state index is 10.2. The van der Waals surface area contributed by atoms with Gasteiger partial charge in [0.2, 0.25) is 0 Å². The number of fused-ring (bicyclic) bond motifs is 1. The Morgan fingerprint density at radius 1 is 1.21 bits per heavy atom. The SMILES string of the molecule is COc1ccc2c(O)cc(-c3nccs3)cc2c1C. The number of ether oxygens (including phenoxy) is 1. The molecule has 0 saturated carbocycles. The lowest BCUT2D eigenvalue weighted by atomic mass is 10.0. The Morgan fingerprint density at radius 2 is 2.05 bits per heavy atom. The van der Waals surface area contributed by atoms with E-state index in [1.165, 1.54) is 0 Å². The topological polar surface area (TPSA) is 42.4 Å². The summed E-state index contributed by atoms with van der Waals surface area (Å²) >= 11 is 1.56. The van der Waals surface area contributed by atoms with Crippen LogP contribution in [0.2, 0.25) is 0 Å². The smallest absolute Gasteiger partial charge is 0.124 e. The first-order valence-corrected chi connectivity index (χ1v) is 6.79. The zero-order chi connectivity index (χ0) is 13.4. The highest BCUT2D eigenvalue weighted by molar-refractivity contribution is 7.13. The summed E-state index contributed by atoms with van der Waals surface area (Å²) in [5.74, 6) is 1.09. The van der Waals surface area contributed by atoms with Crippen LogP contribution in [0.4, 0.5) is 0 Å². The Kier molecular flexibility index (Phi) is 2.87. The van der Waals surface area contributed by atoms with Crippen molar-refractivity contribution in [2.45, 2.75) is 6.92 Å². The zero-order valence-electron chi connectivity index (χ0n) is 10.7. The molecule has 2 aromatic carbocycles. The number of methoxy groups -OCH3 is 1. The molecule has 1 aromatic heterocycles. The van der Waals surface area contributed by atoms with Gasteiger partial charge in [0, 0.05) is 22.5 Å². The van der Waals surface area contributed by atoms with Crippen LogP contribution in [-0.2, 0) is 0 Å². The lowest BCUT2D eigenvalue weighted by molar-refractivity contribution is 0.412. The third-order valence-corrected chi connectivity index (χ3v) is 4.05. The van der Waals surface area contributed by atoms with E-state index in [4.69, 9.17) is 4.74 Å². The second-order valence-electron chi connectivity index (χ2n) is 4.32. The first-order valence-electron chi connectivity index (χ1n) is 5.91. The number of aromatic hydroxyl groups is 1. The Hall–Kier alpha value is -2.07. The first-order chi connectivity index (χ1) is 9.20. The van der Waals surface area contributed by atoms with Crippen LogP contribution in [0.15, 0.2) is 35.8 Å². The van der Waals surface area contributed by atoms with Crippen LogP contribution in [0.25, 0.3) is 21.3 Å². The van der Waals surface area contributed by atoms with Crippen LogP contribution in [-0.4, -0.2) is 17.2 Å². The van der Waals surface area contributed by atoms with Gasteiger partial charge in [0.05, 0.1) is 7.11 Å². The molecule has 0 bridgehead atoms. The van der Waals surface area contributed by atoms with Crippen molar-refractivity contribution in [3.63, 3.8) is 0 Å². The molecule has 0 spiro atoms. The fourth-order valence-corrected chi connectivity index (χ4v) is 2.88. The van der Waals surface area contributed by atoms with Crippen LogP contribution in [0.1, 0.15) is 5.56 Å². The van der Waals surface area contributed by atoms with Crippen LogP contribution in [0.5, 0.6) is 11.5 Å². The lowest BCUT2D eigenvalue weighted by Gasteiger charge is -2.10. The van der Waals surface area contributed by atoms with Gasteiger partial charge in [0.25, 0.3) is 0 Å². The summed E-state index contributed by atoms with van der Waals surface area (Å²) in [6.07, 6.45) is 1.76.